The van der Waals surface area contributed by atoms with Gasteiger partial charge in [0.15, 0.2) is 6.61 Å². The zero-order chi connectivity index (χ0) is 23.3. The van der Waals surface area contributed by atoms with Gasteiger partial charge in [-0.1, -0.05) is 26.0 Å². The van der Waals surface area contributed by atoms with Crippen LogP contribution in [-0.4, -0.2) is 44.2 Å². The smallest absolute Gasteiger partial charge is 0.258 e. The third-order valence-corrected chi connectivity index (χ3v) is 7.51. The van der Waals surface area contributed by atoms with Crippen molar-refractivity contribution in [3.05, 3.63) is 53.6 Å². The molecular formula is C23H29N3O5S. The molecule has 0 saturated heterocycles. The van der Waals surface area contributed by atoms with Gasteiger partial charge in [0.25, 0.3) is 5.91 Å². The number of carbonyl (C=O) groups is 2. The number of nitrogens with zero attached hydrogens (tertiary/aromatic N) is 1. The summed E-state index contributed by atoms with van der Waals surface area (Å²) in [6, 6.07) is 11.6. The van der Waals surface area contributed by atoms with Crippen LogP contribution >= 0.6 is 0 Å². The lowest BCUT2D eigenvalue weighted by molar-refractivity contribution is -0.123. The lowest BCUT2D eigenvalue weighted by Gasteiger charge is -2.20. The Labute approximate surface area is 189 Å². The van der Waals surface area contributed by atoms with Crippen LogP contribution in [0.3, 0.4) is 0 Å². The lowest BCUT2D eigenvalue weighted by atomic mass is 10.0. The minimum Gasteiger partial charge on any atom is -0.484 e. The highest BCUT2D eigenvalue weighted by Crippen LogP contribution is 2.27. The molecule has 0 unspecified atom stereocenters. The largest absolute Gasteiger partial charge is 0.484 e. The van der Waals surface area contributed by atoms with Gasteiger partial charge in [0.1, 0.15) is 5.75 Å². The predicted octanol–water partition coefficient (Wildman–Crippen LogP) is 2.86. The molecule has 1 aliphatic heterocycles. The lowest BCUT2D eigenvalue weighted by Crippen LogP contribution is -2.32. The summed E-state index contributed by atoms with van der Waals surface area (Å²) >= 11 is 0. The van der Waals surface area contributed by atoms with Gasteiger partial charge in [-0.05, 0) is 54.8 Å². The van der Waals surface area contributed by atoms with E-state index in [2.05, 4.69) is 10.6 Å². The standard InChI is InChI=1S/C23H29N3O5S/c1-4-26(5-2)32(29,30)20-10-6-17(7-11-20)16(3)24-23(28)15-31-19-9-12-21-18(14-19)8-13-22(27)25-21/h6-7,9-12,14,16H,4-5,8,13,15H2,1-3H3,(H,24,28)(H,25,27)/t16-/m0/s1. The van der Waals surface area contributed by atoms with Crippen LogP contribution in [0.1, 0.15) is 44.4 Å². The van der Waals surface area contributed by atoms with E-state index in [1.165, 1.54) is 4.31 Å². The molecule has 1 atom stereocenters. The number of ether oxygens (including phenoxy) is 1. The van der Waals surface area contributed by atoms with Crippen LogP contribution in [0.15, 0.2) is 47.4 Å². The summed E-state index contributed by atoms with van der Waals surface area (Å²) in [7, 11) is -3.51. The first kappa shape index (κ1) is 23.7. The highest BCUT2D eigenvalue weighted by Gasteiger charge is 2.22. The van der Waals surface area contributed by atoms with Gasteiger partial charge in [-0.25, -0.2) is 8.42 Å². The third kappa shape index (κ3) is 5.46. The Morgan fingerprint density at radius 1 is 1.12 bits per heavy atom. The number of hydrogen-bond donors (Lipinski definition) is 2. The van der Waals surface area contributed by atoms with E-state index in [0.717, 1.165) is 16.8 Å². The molecular weight excluding hydrogens is 430 g/mol. The van der Waals surface area contributed by atoms with Crippen molar-refractivity contribution in [3.63, 3.8) is 0 Å². The molecule has 172 valence electrons. The Kier molecular flexibility index (Phi) is 7.52. The third-order valence-electron chi connectivity index (χ3n) is 5.44. The van der Waals surface area contributed by atoms with Gasteiger partial charge in [0.05, 0.1) is 10.9 Å². The van der Waals surface area contributed by atoms with Gasteiger partial charge in [-0.3, -0.25) is 9.59 Å². The fourth-order valence-electron chi connectivity index (χ4n) is 3.61. The van der Waals surface area contributed by atoms with Gasteiger partial charge in [-0.2, -0.15) is 4.31 Å². The predicted molar refractivity (Wildman–Crippen MR) is 122 cm³/mol. The second kappa shape index (κ2) is 10.1. The average Bonchev–Trinajstić information content (AvgIpc) is 2.78. The normalized spacial score (nSPS) is 14.4. The Bertz CT molecular complexity index is 1080. The summed E-state index contributed by atoms with van der Waals surface area (Å²) in [5.74, 6) is 0.273. The molecule has 0 fully saturated rings. The number of hydrogen-bond acceptors (Lipinski definition) is 5. The van der Waals surface area contributed by atoms with E-state index in [4.69, 9.17) is 4.74 Å². The molecule has 2 N–H and O–H groups in total. The van der Waals surface area contributed by atoms with E-state index in [1.807, 2.05) is 13.0 Å². The van der Waals surface area contributed by atoms with Gasteiger partial charge < -0.3 is 15.4 Å². The minimum atomic E-state index is -3.51. The Morgan fingerprint density at radius 3 is 2.47 bits per heavy atom. The van der Waals surface area contributed by atoms with E-state index in [0.29, 0.717) is 31.7 Å². The van der Waals surface area contributed by atoms with Gasteiger partial charge in [0.2, 0.25) is 15.9 Å². The van der Waals surface area contributed by atoms with Crippen molar-refractivity contribution in [2.24, 2.45) is 0 Å². The SMILES string of the molecule is CCN(CC)S(=O)(=O)c1ccc([C@H](C)NC(=O)COc2ccc3c(c2)CCC(=O)N3)cc1. The molecule has 0 aliphatic carbocycles. The summed E-state index contributed by atoms with van der Waals surface area (Å²) in [6.45, 7) is 6.10. The fourth-order valence-corrected chi connectivity index (χ4v) is 5.06. The Hall–Kier alpha value is -2.91. The average molecular weight is 460 g/mol. The monoisotopic (exact) mass is 459 g/mol. The summed E-state index contributed by atoms with van der Waals surface area (Å²) in [5.41, 5.74) is 2.55. The van der Waals surface area contributed by atoms with Gasteiger partial charge in [-0.15, -0.1) is 0 Å². The number of benzene rings is 2. The number of fused-ring (bicyclic) bond motifs is 1. The number of nitrogens with one attached hydrogen (secondary N) is 2. The van der Waals surface area contributed by atoms with Gasteiger partial charge in [0, 0.05) is 25.2 Å². The first-order chi connectivity index (χ1) is 15.2. The number of rotatable bonds is 9. The van der Waals surface area contributed by atoms with Crippen molar-refractivity contribution in [2.75, 3.05) is 25.0 Å². The van der Waals surface area contributed by atoms with Crippen molar-refractivity contribution in [2.45, 2.75) is 44.6 Å². The van der Waals surface area contributed by atoms with Crippen molar-refractivity contribution in [1.29, 1.82) is 0 Å². The number of aryl methyl sites for hydroxylation is 1. The van der Waals surface area contributed by atoms with E-state index in [-0.39, 0.29) is 29.4 Å². The van der Waals surface area contributed by atoms with Crippen LogP contribution in [0.2, 0.25) is 0 Å². The summed E-state index contributed by atoms with van der Waals surface area (Å²) in [4.78, 5) is 24.0. The zero-order valence-corrected chi connectivity index (χ0v) is 19.4. The van der Waals surface area contributed by atoms with Crippen LogP contribution in [0.5, 0.6) is 5.75 Å². The molecule has 8 nitrogen and oxygen atoms in total. The molecule has 9 heteroatoms. The maximum absolute atomic E-state index is 12.6. The van der Waals surface area contributed by atoms with Crippen LogP contribution in [0.4, 0.5) is 5.69 Å². The van der Waals surface area contributed by atoms with Crippen LogP contribution in [-0.2, 0) is 26.0 Å². The second-order valence-electron chi connectivity index (χ2n) is 7.60. The quantitative estimate of drug-likeness (QED) is 0.600. The Balaban J connectivity index is 1.56. The van der Waals surface area contributed by atoms with Crippen molar-refractivity contribution in [3.8, 4) is 5.75 Å². The molecule has 0 radical (unpaired) electrons. The number of anilines is 1. The molecule has 1 aliphatic rings. The van der Waals surface area contributed by atoms with Crippen LogP contribution in [0.25, 0.3) is 0 Å². The molecule has 2 aromatic carbocycles. The highest BCUT2D eigenvalue weighted by molar-refractivity contribution is 7.89. The van der Waals surface area contributed by atoms with Crippen molar-refractivity contribution < 1.29 is 22.7 Å². The molecule has 3 rings (SSSR count). The summed E-state index contributed by atoms with van der Waals surface area (Å²) in [6.07, 6.45) is 1.07. The number of amides is 2. The summed E-state index contributed by atoms with van der Waals surface area (Å²) < 4.78 is 32.2. The molecule has 2 aromatic rings. The van der Waals surface area contributed by atoms with Crippen molar-refractivity contribution >= 4 is 27.5 Å². The molecule has 32 heavy (non-hydrogen) atoms. The molecule has 0 aromatic heterocycles. The second-order valence-corrected chi connectivity index (χ2v) is 9.54. The first-order valence-electron chi connectivity index (χ1n) is 10.7. The molecule has 2 amide bonds. The maximum Gasteiger partial charge on any atom is 0.258 e. The van der Waals surface area contributed by atoms with Crippen LogP contribution < -0.4 is 15.4 Å². The van der Waals surface area contributed by atoms with Crippen molar-refractivity contribution in [1.82, 2.24) is 9.62 Å². The molecule has 0 saturated carbocycles. The molecule has 1 heterocycles. The van der Waals surface area contributed by atoms with Gasteiger partial charge >= 0.3 is 0 Å². The minimum absolute atomic E-state index is 0.00165. The van der Waals surface area contributed by atoms with E-state index in [9.17, 15) is 18.0 Å². The maximum atomic E-state index is 12.6. The van der Waals surface area contributed by atoms with Crippen LogP contribution in [0, 0.1) is 0 Å². The topological polar surface area (TPSA) is 105 Å². The Morgan fingerprint density at radius 2 is 1.81 bits per heavy atom. The zero-order valence-electron chi connectivity index (χ0n) is 18.6. The molecule has 0 bridgehead atoms. The van der Waals surface area contributed by atoms with E-state index >= 15 is 0 Å². The summed E-state index contributed by atoms with van der Waals surface area (Å²) in [5, 5.41) is 5.67. The molecule has 0 spiro atoms. The van der Waals surface area contributed by atoms with E-state index in [1.54, 1.807) is 50.2 Å². The first-order valence-corrected chi connectivity index (χ1v) is 12.1. The van der Waals surface area contributed by atoms with E-state index < -0.39 is 10.0 Å². The fraction of sp³-hybridized carbons (Fsp3) is 0.391. The number of carbonyl (C=O) groups excluding carboxylic acids is 2. The number of sulfonamides is 1. The highest BCUT2D eigenvalue weighted by atomic mass is 32.2.